The largest absolute Gasteiger partial charge is 0.465 e. The molecule has 4 atom stereocenters. The lowest BCUT2D eigenvalue weighted by atomic mass is 9.76. The number of ether oxygens (including phenoxy) is 1. The van der Waals surface area contributed by atoms with Crippen molar-refractivity contribution < 1.29 is 23.9 Å². The lowest BCUT2D eigenvalue weighted by molar-refractivity contribution is -0.142. The quantitative estimate of drug-likeness (QED) is 0.284. The number of carbonyl (C=O) groups excluding carboxylic acids is 4. The minimum atomic E-state index is -1.51. The number of fused-ring (bicyclic) bond motifs is 5. The van der Waals surface area contributed by atoms with E-state index in [1.807, 2.05) is 78.9 Å². The van der Waals surface area contributed by atoms with Crippen LogP contribution in [0.5, 0.6) is 0 Å². The first-order valence-corrected chi connectivity index (χ1v) is 14.2. The van der Waals surface area contributed by atoms with Gasteiger partial charge in [0.25, 0.3) is 5.91 Å². The molecule has 0 bridgehead atoms. The van der Waals surface area contributed by atoms with E-state index in [0.717, 1.165) is 16.3 Å². The highest BCUT2D eigenvalue weighted by Crippen LogP contribution is 2.55. The number of esters is 1. The fraction of sp³-hybridized carbons (Fsp3) is 0.235. The van der Waals surface area contributed by atoms with E-state index in [1.54, 1.807) is 25.1 Å². The van der Waals surface area contributed by atoms with Crippen molar-refractivity contribution in [3.05, 3.63) is 108 Å². The fourth-order valence-corrected chi connectivity index (χ4v) is 7.12. The smallest absolute Gasteiger partial charge is 0.326 e. The maximum atomic E-state index is 14.6. The molecule has 3 heterocycles. The van der Waals surface area contributed by atoms with Crippen LogP contribution in [0.4, 0.5) is 11.4 Å². The molecule has 3 aliphatic heterocycles. The zero-order chi connectivity index (χ0) is 29.0. The molecule has 8 heteroatoms. The van der Waals surface area contributed by atoms with Gasteiger partial charge in [-0.3, -0.25) is 29.4 Å². The molecule has 0 radical (unpaired) electrons. The second-order valence-corrected chi connectivity index (χ2v) is 11.0. The second-order valence-electron chi connectivity index (χ2n) is 11.0. The van der Waals surface area contributed by atoms with Gasteiger partial charge in [0.15, 0.2) is 0 Å². The molecular weight excluding hydrogens is 530 g/mol. The average Bonchev–Trinajstić information content (AvgIpc) is 3.56. The zero-order valence-electron chi connectivity index (χ0n) is 23.0. The van der Waals surface area contributed by atoms with Gasteiger partial charge < -0.3 is 4.74 Å². The first kappa shape index (κ1) is 26.1. The summed E-state index contributed by atoms with van der Waals surface area (Å²) in [7, 11) is 0. The summed E-state index contributed by atoms with van der Waals surface area (Å²) in [5.41, 5.74) is 1.10. The number of amides is 3. The third kappa shape index (κ3) is 3.72. The van der Waals surface area contributed by atoms with E-state index in [-0.39, 0.29) is 19.1 Å². The van der Waals surface area contributed by atoms with Gasteiger partial charge in [-0.15, -0.1) is 0 Å². The molecule has 3 aliphatic rings. The number of rotatable bonds is 6. The van der Waals surface area contributed by atoms with E-state index in [1.165, 1.54) is 9.80 Å². The number of anilines is 2. The number of carbonyl (C=O) groups is 4. The van der Waals surface area contributed by atoms with Crippen LogP contribution in [0.2, 0.25) is 0 Å². The molecule has 4 aromatic carbocycles. The summed E-state index contributed by atoms with van der Waals surface area (Å²) in [5.74, 6) is -3.52. The summed E-state index contributed by atoms with van der Waals surface area (Å²) >= 11 is 0. The standard InChI is InChI=1S/C34H29N3O5/c1-2-42-28(38)20-36-27-17-9-8-16-24(27)34(33(36)41)30-29(25(35-34)19-21-11-4-3-5-12-21)31(39)37(32(30)40)26-18-10-14-22-13-6-7-15-23(22)26/h3-18,25,29-30,35H,2,19-20H2,1H3/t25-,29+,30-,34-/m0/s1. The number of hydrogen-bond acceptors (Lipinski definition) is 6. The highest BCUT2D eigenvalue weighted by molar-refractivity contribution is 6.28. The van der Waals surface area contributed by atoms with E-state index >= 15 is 0 Å². The van der Waals surface area contributed by atoms with Crippen molar-refractivity contribution in [2.75, 3.05) is 23.0 Å². The number of benzene rings is 4. The molecule has 0 aromatic heterocycles. The number of nitrogens with one attached hydrogen (secondary N) is 1. The zero-order valence-corrected chi connectivity index (χ0v) is 23.0. The molecule has 7 rings (SSSR count). The molecule has 2 fully saturated rings. The first-order chi connectivity index (χ1) is 20.5. The van der Waals surface area contributed by atoms with Crippen molar-refractivity contribution in [2.45, 2.75) is 24.9 Å². The molecule has 42 heavy (non-hydrogen) atoms. The normalized spacial score (nSPS) is 24.5. The van der Waals surface area contributed by atoms with Crippen LogP contribution in [0.15, 0.2) is 97.1 Å². The molecule has 8 nitrogen and oxygen atoms in total. The Morgan fingerprint density at radius 1 is 0.833 bits per heavy atom. The predicted molar refractivity (Wildman–Crippen MR) is 158 cm³/mol. The van der Waals surface area contributed by atoms with Crippen LogP contribution >= 0.6 is 0 Å². The Morgan fingerprint density at radius 2 is 1.52 bits per heavy atom. The van der Waals surface area contributed by atoms with Gasteiger partial charge in [0.1, 0.15) is 12.1 Å². The third-order valence-electron chi connectivity index (χ3n) is 8.76. The van der Waals surface area contributed by atoms with Gasteiger partial charge in [-0.05, 0) is 36.4 Å². The van der Waals surface area contributed by atoms with E-state index < -0.39 is 41.2 Å². The second kappa shape index (κ2) is 9.92. The Morgan fingerprint density at radius 3 is 2.33 bits per heavy atom. The lowest BCUT2D eigenvalue weighted by Crippen LogP contribution is -2.56. The molecular formula is C34H29N3O5. The summed E-state index contributed by atoms with van der Waals surface area (Å²) in [6.07, 6.45) is 0.444. The van der Waals surface area contributed by atoms with Crippen LogP contribution < -0.4 is 15.1 Å². The number of nitrogens with zero attached hydrogens (tertiary/aromatic N) is 2. The van der Waals surface area contributed by atoms with Gasteiger partial charge in [0.05, 0.1) is 24.1 Å². The molecule has 0 aliphatic carbocycles. The SMILES string of the molecule is CCOC(=O)CN1C(=O)[C@]2(N[C@@H](Cc3ccccc3)[C@H]3C(=O)N(c4cccc5ccccc45)C(=O)[C@H]32)c2ccccc21. The van der Waals surface area contributed by atoms with E-state index in [4.69, 9.17) is 4.74 Å². The predicted octanol–water partition coefficient (Wildman–Crippen LogP) is 3.97. The topological polar surface area (TPSA) is 96.0 Å². The summed E-state index contributed by atoms with van der Waals surface area (Å²) in [6.45, 7) is 1.60. The fourth-order valence-electron chi connectivity index (χ4n) is 7.12. The van der Waals surface area contributed by atoms with Crippen molar-refractivity contribution in [1.82, 2.24) is 5.32 Å². The average molecular weight is 560 g/mol. The van der Waals surface area contributed by atoms with Crippen LogP contribution in [0.1, 0.15) is 18.1 Å². The Balaban J connectivity index is 1.39. The maximum absolute atomic E-state index is 14.6. The monoisotopic (exact) mass is 559 g/mol. The highest BCUT2D eigenvalue weighted by atomic mass is 16.5. The van der Waals surface area contributed by atoms with Crippen LogP contribution in [0.3, 0.4) is 0 Å². The molecule has 3 amide bonds. The summed E-state index contributed by atoms with van der Waals surface area (Å²) < 4.78 is 5.18. The summed E-state index contributed by atoms with van der Waals surface area (Å²) in [6, 6.07) is 29.6. The Labute approximate surface area is 242 Å². The Bertz CT molecular complexity index is 1750. The van der Waals surface area contributed by atoms with Crippen molar-refractivity contribution in [3.63, 3.8) is 0 Å². The first-order valence-electron chi connectivity index (χ1n) is 14.2. The van der Waals surface area contributed by atoms with Gasteiger partial charge in [0.2, 0.25) is 11.8 Å². The van der Waals surface area contributed by atoms with E-state index in [0.29, 0.717) is 23.4 Å². The van der Waals surface area contributed by atoms with Crippen molar-refractivity contribution >= 4 is 45.8 Å². The van der Waals surface area contributed by atoms with Gasteiger partial charge in [-0.2, -0.15) is 0 Å². The molecule has 2 saturated heterocycles. The molecule has 210 valence electrons. The van der Waals surface area contributed by atoms with Crippen molar-refractivity contribution in [3.8, 4) is 0 Å². The van der Waals surface area contributed by atoms with Crippen LogP contribution in [0.25, 0.3) is 10.8 Å². The minimum Gasteiger partial charge on any atom is -0.465 e. The van der Waals surface area contributed by atoms with Crippen LogP contribution in [-0.2, 0) is 35.9 Å². The minimum absolute atomic E-state index is 0.183. The van der Waals surface area contributed by atoms with Crippen LogP contribution in [-0.4, -0.2) is 42.9 Å². The number of imide groups is 1. The van der Waals surface area contributed by atoms with Crippen molar-refractivity contribution in [1.29, 1.82) is 0 Å². The van der Waals surface area contributed by atoms with Gasteiger partial charge in [-0.25, -0.2) is 4.90 Å². The van der Waals surface area contributed by atoms with E-state index in [2.05, 4.69) is 5.32 Å². The molecule has 1 N–H and O–H groups in total. The van der Waals surface area contributed by atoms with Gasteiger partial charge in [0, 0.05) is 22.7 Å². The third-order valence-corrected chi connectivity index (χ3v) is 8.76. The molecule has 4 aromatic rings. The Hall–Kier alpha value is -4.82. The maximum Gasteiger partial charge on any atom is 0.326 e. The van der Waals surface area contributed by atoms with Gasteiger partial charge >= 0.3 is 5.97 Å². The lowest BCUT2D eigenvalue weighted by Gasteiger charge is -2.30. The molecule has 0 unspecified atom stereocenters. The van der Waals surface area contributed by atoms with Crippen molar-refractivity contribution in [2.24, 2.45) is 11.8 Å². The molecule has 0 saturated carbocycles. The Kier molecular flexibility index (Phi) is 6.17. The molecule has 1 spiro atoms. The van der Waals surface area contributed by atoms with E-state index in [9.17, 15) is 19.2 Å². The van der Waals surface area contributed by atoms with Crippen LogP contribution in [0, 0.1) is 11.8 Å². The summed E-state index contributed by atoms with van der Waals surface area (Å²) in [4.78, 5) is 58.8. The highest BCUT2D eigenvalue weighted by Gasteiger charge is 2.71. The number of hydrogen-bond donors (Lipinski definition) is 1. The summed E-state index contributed by atoms with van der Waals surface area (Å²) in [5, 5.41) is 5.21. The van der Waals surface area contributed by atoms with Gasteiger partial charge in [-0.1, -0.05) is 84.9 Å². The number of para-hydroxylation sites is 1.